The molecule has 1 aliphatic heterocycles. The number of nitrogens with one attached hydrogen (secondary N) is 1. The molecule has 0 aromatic rings. The maximum absolute atomic E-state index is 12.6. The van der Waals surface area contributed by atoms with Crippen LogP contribution in [-0.4, -0.2) is 58.7 Å². The maximum Gasteiger partial charge on any atom is 0.237 e. The third-order valence-electron chi connectivity index (χ3n) is 5.22. The minimum atomic E-state index is -0.462. The molecule has 1 amide bonds. The van der Waals surface area contributed by atoms with Gasteiger partial charge < -0.3 is 10.4 Å². The Bertz CT molecular complexity index is 341. The van der Waals surface area contributed by atoms with Gasteiger partial charge in [0.25, 0.3) is 0 Å². The summed E-state index contributed by atoms with van der Waals surface area (Å²) in [6.45, 7) is 6.01. The zero-order valence-electron chi connectivity index (χ0n) is 13.4. The summed E-state index contributed by atoms with van der Waals surface area (Å²) in [7, 11) is 0. The van der Waals surface area contributed by atoms with Crippen molar-refractivity contribution < 1.29 is 9.90 Å². The molecule has 2 aliphatic rings. The molecule has 0 aromatic carbocycles. The summed E-state index contributed by atoms with van der Waals surface area (Å²) in [5, 5.41) is 13.0. The van der Waals surface area contributed by atoms with Gasteiger partial charge in [-0.2, -0.15) is 11.8 Å². The standard InChI is InChI=1S/C16H30N2O2S/c1-13(18-8-10-21-11-9-18)15(20)17-16(2,12-19)14-6-4-3-5-7-14/h13-14,19H,3-12H2,1-2H3,(H,17,20)/t13-,16-/m1/s1. The monoisotopic (exact) mass is 314 g/mol. The summed E-state index contributed by atoms with van der Waals surface area (Å²) in [6, 6.07) is -0.0969. The second-order valence-corrected chi connectivity index (χ2v) is 7.95. The quantitative estimate of drug-likeness (QED) is 0.813. The van der Waals surface area contributed by atoms with Gasteiger partial charge in [-0.25, -0.2) is 0 Å². The van der Waals surface area contributed by atoms with Gasteiger partial charge in [-0.1, -0.05) is 19.3 Å². The van der Waals surface area contributed by atoms with Crippen LogP contribution in [0.3, 0.4) is 0 Å². The molecule has 122 valence electrons. The van der Waals surface area contributed by atoms with E-state index in [2.05, 4.69) is 10.2 Å². The van der Waals surface area contributed by atoms with Crippen molar-refractivity contribution in [3.05, 3.63) is 0 Å². The fraction of sp³-hybridized carbons (Fsp3) is 0.938. The number of carbonyl (C=O) groups is 1. The van der Waals surface area contributed by atoms with Crippen LogP contribution in [-0.2, 0) is 4.79 Å². The molecule has 2 rings (SSSR count). The number of amides is 1. The first-order valence-corrected chi connectivity index (χ1v) is 9.47. The topological polar surface area (TPSA) is 52.6 Å². The second-order valence-electron chi connectivity index (χ2n) is 6.72. The van der Waals surface area contributed by atoms with E-state index in [4.69, 9.17) is 0 Å². The van der Waals surface area contributed by atoms with Gasteiger partial charge in [0.15, 0.2) is 0 Å². The van der Waals surface area contributed by atoms with Crippen molar-refractivity contribution in [2.24, 2.45) is 5.92 Å². The first-order valence-electron chi connectivity index (χ1n) is 8.31. The van der Waals surface area contributed by atoms with E-state index in [0.29, 0.717) is 5.92 Å². The van der Waals surface area contributed by atoms with Gasteiger partial charge in [0.2, 0.25) is 5.91 Å². The second kappa shape index (κ2) is 7.84. The van der Waals surface area contributed by atoms with Crippen LogP contribution in [0.15, 0.2) is 0 Å². The lowest BCUT2D eigenvalue weighted by atomic mass is 9.76. The number of thioether (sulfide) groups is 1. The predicted octanol–water partition coefficient (Wildman–Crippen LogP) is 1.87. The molecule has 5 heteroatoms. The number of aliphatic hydroxyl groups excluding tert-OH is 1. The van der Waals surface area contributed by atoms with E-state index in [-0.39, 0.29) is 18.6 Å². The number of carbonyl (C=O) groups excluding carboxylic acids is 1. The van der Waals surface area contributed by atoms with Gasteiger partial charge in [0, 0.05) is 24.6 Å². The summed E-state index contributed by atoms with van der Waals surface area (Å²) in [5.41, 5.74) is -0.462. The zero-order chi connectivity index (χ0) is 15.3. The molecule has 1 aliphatic carbocycles. The average Bonchev–Trinajstić information content (AvgIpc) is 2.55. The van der Waals surface area contributed by atoms with Crippen molar-refractivity contribution in [2.45, 2.75) is 57.5 Å². The molecule has 2 fully saturated rings. The molecule has 1 saturated heterocycles. The van der Waals surface area contributed by atoms with E-state index in [9.17, 15) is 9.90 Å². The highest BCUT2D eigenvalue weighted by atomic mass is 32.2. The van der Waals surface area contributed by atoms with Crippen LogP contribution in [0, 0.1) is 5.92 Å². The third kappa shape index (κ3) is 4.36. The first kappa shape index (κ1) is 17.1. The van der Waals surface area contributed by atoms with Crippen LogP contribution in [0.1, 0.15) is 46.0 Å². The van der Waals surface area contributed by atoms with Crippen LogP contribution in [0.5, 0.6) is 0 Å². The Morgan fingerprint density at radius 3 is 2.52 bits per heavy atom. The molecule has 0 spiro atoms. The van der Waals surface area contributed by atoms with Gasteiger partial charge in [0.1, 0.15) is 0 Å². The summed E-state index contributed by atoms with van der Waals surface area (Å²) >= 11 is 1.95. The Morgan fingerprint density at radius 2 is 1.95 bits per heavy atom. The molecule has 0 unspecified atom stereocenters. The van der Waals surface area contributed by atoms with Gasteiger partial charge >= 0.3 is 0 Å². The summed E-state index contributed by atoms with van der Waals surface area (Å²) in [4.78, 5) is 14.8. The van der Waals surface area contributed by atoms with E-state index < -0.39 is 5.54 Å². The first-order chi connectivity index (χ1) is 10.1. The molecule has 1 heterocycles. The van der Waals surface area contributed by atoms with Crippen molar-refractivity contribution in [3.63, 3.8) is 0 Å². The van der Waals surface area contributed by atoms with Crippen molar-refractivity contribution in [2.75, 3.05) is 31.2 Å². The van der Waals surface area contributed by atoms with Gasteiger partial charge in [0.05, 0.1) is 18.2 Å². The Hall–Kier alpha value is -0.260. The van der Waals surface area contributed by atoms with Crippen LogP contribution in [0.2, 0.25) is 0 Å². The lowest BCUT2D eigenvalue weighted by molar-refractivity contribution is -0.129. The molecule has 2 atom stereocenters. The van der Waals surface area contributed by atoms with Crippen molar-refractivity contribution in [3.8, 4) is 0 Å². The molecule has 4 nitrogen and oxygen atoms in total. The predicted molar refractivity (Wildman–Crippen MR) is 88.6 cm³/mol. The highest BCUT2D eigenvalue weighted by Crippen LogP contribution is 2.32. The van der Waals surface area contributed by atoms with Crippen molar-refractivity contribution in [1.29, 1.82) is 0 Å². The molecular formula is C16H30N2O2S. The Balaban J connectivity index is 1.94. The number of nitrogens with zero attached hydrogens (tertiary/aromatic N) is 1. The Kier molecular flexibility index (Phi) is 6.38. The fourth-order valence-corrected chi connectivity index (χ4v) is 4.46. The van der Waals surface area contributed by atoms with Gasteiger partial charge in [-0.15, -0.1) is 0 Å². The number of hydrogen-bond acceptors (Lipinski definition) is 4. The van der Waals surface area contributed by atoms with Gasteiger partial charge in [-0.05, 0) is 32.6 Å². The van der Waals surface area contributed by atoms with E-state index in [1.165, 1.54) is 19.3 Å². The summed E-state index contributed by atoms with van der Waals surface area (Å²) < 4.78 is 0. The molecule has 0 aromatic heterocycles. The minimum Gasteiger partial charge on any atom is -0.394 e. The van der Waals surface area contributed by atoms with E-state index >= 15 is 0 Å². The lowest BCUT2D eigenvalue weighted by Gasteiger charge is -2.41. The fourth-order valence-electron chi connectivity index (χ4n) is 3.53. The normalized spacial score (nSPS) is 26.0. The third-order valence-corrected chi connectivity index (χ3v) is 6.16. The Labute approximate surface area is 133 Å². The average molecular weight is 314 g/mol. The minimum absolute atomic E-state index is 0.0337. The van der Waals surface area contributed by atoms with Crippen LogP contribution >= 0.6 is 11.8 Å². The number of hydrogen-bond donors (Lipinski definition) is 2. The maximum atomic E-state index is 12.6. The van der Waals surface area contributed by atoms with Crippen molar-refractivity contribution in [1.82, 2.24) is 10.2 Å². The molecule has 2 N–H and O–H groups in total. The summed E-state index contributed by atoms with van der Waals surface area (Å²) in [6.07, 6.45) is 5.95. The van der Waals surface area contributed by atoms with Crippen LogP contribution in [0.25, 0.3) is 0 Å². The molecule has 1 saturated carbocycles. The van der Waals surface area contributed by atoms with Gasteiger partial charge in [-0.3, -0.25) is 9.69 Å². The molecule has 0 bridgehead atoms. The van der Waals surface area contributed by atoms with E-state index in [0.717, 1.165) is 37.4 Å². The SMILES string of the molecule is C[C@H](C(=O)N[C@](C)(CO)C1CCCCC1)N1CCSCC1. The highest BCUT2D eigenvalue weighted by molar-refractivity contribution is 7.99. The number of rotatable bonds is 5. The van der Waals surface area contributed by atoms with Crippen LogP contribution < -0.4 is 5.32 Å². The van der Waals surface area contributed by atoms with Crippen molar-refractivity contribution >= 4 is 17.7 Å². The summed E-state index contributed by atoms with van der Waals surface area (Å²) in [5.74, 6) is 2.70. The number of aliphatic hydroxyl groups is 1. The molecular weight excluding hydrogens is 284 g/mol. The smallest absolute Gasteiger partial charge is 0.237 e. The molecule has 0 radical (unpaired) electrons. The molecule has 21 heavy (non-hydrogen) atoms. The Morgan fingerprint density at radius 1 is 1.33 bits per heavy atom. The zero-order valence-corrected chi connectivity index (χ0v) is 14.3. The van der Waals surface area contributed by atoms with Crippen LogP contribution in [0.4, 0.5) is 0 Å². The lowest BCUT2D eigenvalue weighted by Crippen LogP contribution is -2.59. The highest BCUT2D eigenvalue weighted by Gasteiger charge is 2.37. The van der Waals surface area contributed by atoms with E-state index in [1.54, 1.807) is 0 Å². The van der Waals surface area contributed by atoms with E-state index in [1.807, 2.05) is 25.6 Å². The largest absolute Gasteiger partial charge is 0.394 e.